The second kappa shape index (κ2) is 9.65. The number of furan rings is 1. The predicted octanol–water partition coefficient (Wildman–Crippen LogP) is 3.32. The van der Waals surface area contributed by atoms with Crippen molar-refractivity contribution in [2.45, 2.75) is 25.3 Å². The molecule has 1 atom stereocenters. The third-order valence-corrected chi connectivity index (χ3v) is 5.88. The van der Waals surface area contributed by atoms with Gasteiger partial charge in [0.05, 0.1) is 31.2 Å². The summed E-state index contributed by atoms with van der Waals surface area (Å²) in [5.74, 6) is 0.600. The maximum Gasteiger partial charge on any atom is 0.293 e. The maximum absolute atomic E-state index is 12.6. The molecule has 0 aliphatic carbocycles. The van der Waals surface area contributed by atoms with Gasteiger partial charge in [0.2, 0.25) is 5.91 Å². The van der Waals surface area contributed by atoms with Crippen molar-refractivity contribution in [3.8, 4) is 5.75 Å². The number of hydrogen-bond donors (Lipinski definition) is 2. The van der Waals surface area contributed by atoms with Gasteiger partial charge in [-0.3, -0.25) is 14.9 Å². The summed E-state index contributed by atoms with van der Waals surface area (Å²) in [4.78, 5) is 31.2. The number of aromatic nitrogens is 1. The highest BCUT2D eigenvalue weighted by Crippen LogP contribution is 2.30. The third-order valence-electron chi connectivity index (χ3n) is 5.07. The van der Waals surface area contributed by atoms with E-state index in [1.54, 1.807) is 24.6 Å². The topological polar surface area (TPSA) is 96.7 Å². The first-order chi connectivity index (χ1) is 15.1. The zero-order chi connectivity index (χ0) is 21.6. The van der Waals surface area contributed by atoms with Crippen molar-refractivity contribution in [2.75, 3.05) is 30.4 Å². The number of piperidine rings is 1. The molecule has 0 spiro atoms. The molecule has 2 amide bonds. The van der Waals surface area contributed by atoms with Crippen LogP contribution in [0.1, 0.15) is 29.1 Å². The number of nitrogens with one attached hydrogen (secondary N) is 2. The Kier molecular flexibility index (Phi) is 6.51. The number of hydrogen-bond acceptors (Lipinski definition) is 7. The van der Waals surface area contributed by atoms with Crippen LogP contribution in [0.15, 0.2) is 52.5 Å². The Bertz CT molecular complexity index is 1030. The van der Waals surface area contributed by atoms with Crippen molar-refractivity contribution < 1.29 is 18.7 Å². The zero-order valence-electron chi connectivity index (χ0n) is 17.2. The maximum atomic E-state index is 12.6. The minimum atomic E-state index is -0.367. The van der Waals surface area contributed by atoms with E-state index in [-0.39, 0.29) is 30.0 Å². The Hall–Kier alpha value is -3.33. The fraction of sp³-hybridized carbons (Fsp3) is 0.318. The summed E-state index contributed by atoms with van der Waals surface area (Å²) in [5, 5.41) is 8.01. The minimum Gasteiger partial charge on any atom is -0.495 e. The average molecular weight is 441 g/mol. The molecule has 0 saturated carbocycles. The van der Waals surface area contributed by atoms with Gasteiger partial charge in [0, 0.05) is 24.5 Å². The second-order valence-electron chi connectivity index (χ2n) is 7.28. The molecule has 1 aromatic carbocycles. The number of ether oxygens (including phenoxy) is 1. The number of thiazole rings is 1. The molecule has 162 valence electrons. The van der Waals surface area contributed by atoms with Crippen molar-refractivity contribution in [1.82, 2.24) is 10.3 Å². The Balaban J connectivity index is 1.30. The van der Waals surface area contributed by atoms with Crippen LogP contribution in [0.4, 0.5) is 10.8 Å². The van der Waals surface area contributed by atoms with Crippen molar-refractivity contribution in [3.05, 3.63) is 59.5 Å². The van der Waals surface area contributed by atoms with Crippen LogP contribution in [0.2, 0.25) is 0 Å². The molecule has 4 rings (SSSR count). The SMILES string of the molecule is COc1ccccc1N1CCCC(NC(=O)Cc2csc(NC(=O)c3ccco3)n2)C1. The number of methoxy groups -OCH3 is 1. The summed E-state index contributed by atoms with van der Waals surface area (Å²) < 4.78 is 10.5. The van der Waals surface area contributed by atoms with Crippen LogP contribution >= 0.6 is 11.3 Å². The summed E-state index contributed by atoms with van der Waals surface area (Å²) in [6.45, 7) is 1.66. The van der Waals surface area contributed by atoms with Crippen molar-refractivity contribution in [3.63, 3.8) is 0 Å². The number of rotatable bonds is 7. The summed E-state index contributed by atoms with van der Waals surface area (Å²) in [7, 11) is 1.67. The minimum absolute atomic E-state index is 0.0583. The first kappa shape index (κ1) is 20.9. The van der Waals surface area contributed by atoms with Crippen molar-refractivity contribution in [2.24, 2.45) is 0 Å². The lowest BCUT2D eigenvalue weighted by molar-refractivity contribution is -0.121. The van der Waals surface area contributed by atoms with E-state index in [1.165, 1.54) is 17.6 Å². The highest BCUT2D eigenvalue weighted by atomic mass is 32.1. The number of nitrogens with zero attached hydrogens (tertiary/aromatic N) is 2. The monoisotopic (exact) mass is 440 g/mol. The molecular formula is C22H24N4O4S. The van der Waals surface area contributed by atoms with Crippen LogP contribution in [0, 0.1) is 0 Å². The lowest BCUT2D eigenvalue weighted by Crippen LogP contribution is -2.48. The van der Waals surface area contributed by atoms with Gasteiger partial charge in [-0.15, -0.1) is 11.3 Å². The number of carbonyl (C=O) groups excluding carboxylic acids is 2. The molecule has 2 N–H and O–H groups in total. The number of benzene rings is 1. The predicted molar refractivity (Wildman–Crippen MR) is 119 cm³/mol. The van der Waals surface area contributed by atoms with Gasteiger partial charge in [0.25, 0.3) is 5.91 Å². The smallest absolute Gasteiger partial charge is 0.293 e. The second-order valence-corrected chi connectivity index (χ2v) is 8.13. The Labute approximate surface area is 184 Å². The first-order valence-corrected chi connectivity index (χ1v) is 11.0. The van der Waals surface area contributed by atoms with Crippen LogP contribution in [0.5, 0.6) is 5.75 Å². The van der Waals surface area contributed by atoms with Crippen LogP contribution < -0.4 is 20.3 Å². The largest absolute Gasteiger partial charge is 0.495 e. The molecule has 31 heavy (non-hydrogen) atoms. The van der Waals surface area contributed by atoms with Crippen molar-refractivity contribution in [1.29, 1.82) is 0 Å². The summed E-state index contributed by atoms with van der Waals surface area (Å²) in [6.07, 6.45) is 3.52. The quantitative estimate of drug-likeness (QED) is 0.585. The Morgan fingerprint density at radius 2 is 2.16 bits per heavy atom. The molecule has 8 nitrogen and oxygen atoms in total. The zero-order valence-corrected chi connectivity index (χ0v) is 18.0. The van der Waals surface area contributed by atoms with E-state index in [9.17, 15) is 9.59 Å². The Morgan fingerprint density at radius 1 is 1.29 bits per heavy atom. The molecule has 1 unspecified atom stereocenters. The van der Waals surface area contributed by atoms with E-state index >= 15 is 0 Å². The highest BCUT2D eigenvalue weighted by molar-refractivity contribution is 7.14. The molecule has 1 saturated heterocycles. The summed E-state index contributed by atoms with van der Waals surface area (Å²) >= 11 is 1.28. The van der Waals surface area contributed by atoms with E-state index in [0.29, 0.717) is 10.8 Å². The fourth-order valence-corrected chi connectivity index (χ4v) is 4.37. The van der Waals surface area contributed by atoms with Crippen LogP contribution in [0.3, 0.4) is 0 Å². The van der Waals surface area contributed by atoms with Crippen molar-refractivity contribution >= 4 is 34.0 Å². The van der Waals surface area contributed by atoms with Crippen LogP contribution in [-0.2, 0) is 11.2 Å². The van der Waals surface area contributed by atoms with Gasteiger partial charge in [0.1, 0.15) is 5.75 Å². The van der Waals surface area contributed by atoms with E-state index in [4.69, 9.17) is 9.15 Å². The Morgan fingerprint density at radius 3 is 2.97 bits per heavy atom. The van der Waals surface area contributed by atoms with E-state index in [0.717, 1.165) is 37.4 Å². The molecule has 9 heteroatoms. The van der Waals surface area contributed by atoms with E-state index in [2.05, 4.69) is 20.5 Å². The standard InChI is InChI=1S/C22H24N4O4S/c1-29-18-8-3-2-7-17(18)26-10-4-6-15(13-26)23-20(27)12-16-14-31-22(24-16)25-21(28)19-9-5-11-30-19/h2-3,5,7-9,11,14-15H,4,6,10,12-13H2,1H3,(H,23,27)(H,24,25,28). The lowest BCUT2D eigenvalue weighted by atomic mass is 10.0. The van der Waals surface area contributed by atoms with E-state index in [1.807, 2.05) is 24.3 Å². The van der Waals surface area contributed by atoms with Gasteiger partial charge in [-0.1, -0.05) is 12.1 Å². The summed E-state index contributed by atoms with van der Waals surface area (Å²) in [6, 6.07) is 11.2. The number of anilines is 2. The molecule has 0 radical (unpaired) electrons. The molecular weight excluding hydrogens is 416 g/mol. The fourth-order valence-electron chi connectivity index (χ4n) is 3.66. The van der Waals surface area contributed by atoms with Gasteiger partial charge in [-0.2, -0.15) is 0 Å². The first-order valence-electron chi connectivity index (χ1n) is 10.1. The average Bonchev–Trinajstić information content (AvgIpc) is 3.46. The molecule has 1 fully saturated rings. The van der Waals surface area contributed by atoms with E-state index < -0.39 is 0 Å². The molecule has 3 heterocycles. The number of carbonyl (C=O) groups is 2. The summed E-state index contributed by atoms with van der Waals surface area (Å²) in [5.41, 5.74) is 1.66. The van der Waals surface area contributed by atoms with Gasteiger partial charge < -0.3 is 19.4 Å². The lowest BCUT2D eigenvalue weighted by Gasteiger charge is -2.35. The van der Waals surface area contributed by atoms with Crippen LogP contribution in [-0.4, -0.2) is 43.0 Å². The number of amides is 2. The molecule has 1 aliphatic heterocycles. The van der Waals surface area contributed by atoms with Gasteiger partial charge in [-0.25, -0.2) is 4.98 Å². The normalized spacial score (nSPS) is 16.0. The molecule has 0 bridgehead atoms. The van der Waals surface area contributed by atoms with Gasteiger partial charge in [-0.05, 0) is 37.1 Å². The molecule has 2 aromatic heterocycles. The molecule has 3 aromatic rings. The van der Waals surface area contributed by atoms with Crippen LogP contribution in [0.25, 0.3) is 0 Å². The van der Waals surface area contributed by atoms with Gasteiger partial charge in [0.15, 0.2) is 10.9 Å². The highest BCUT2D eigenvalue weighted by Gasteiger charge is 2.23. The third kappa shape index (κ3) is 5.24. The van der Waals surface area contributed by atoms with Gasteiger partial charge >= 0.3 is 0 Å². The molecule has 1 aliphatic rings. The number of para-hydroxylation sites is 2.